The zero-order chi connectivity index (χ0) is 24.6. The number of hydrogen-bond donors (Lipinski definition) is 12. The molecule has 0 amide bonds. The number of nitrogens with two attached hydrogens (primary N) is 4. The van der Waals surface area contributed by atoms with Crippen LogP contribution >= 0.6 is 0 Å². The Morgan fingerprint density at radius 2 is 1.45 bits per heavy atom. The Kier molecular flexibility index (Phi) is 8.44. The van der Waals surface area contributed by atoms with Crippen LogP contribution in [0.2, 0.25) is 0 Å². The molecule has 0 spiro atoms. The fraction of sp³-hybridized carbons (Fsp3) is 0.941. The standard InChI is InChI=1S/C17H34N6O10/c18-3-1-4(19)12(31-15-6(20)9(26)10(27)14(29)33-15)13(7(3)24)32-16-11(28)8(25)5(30-16)2-23-17(21)22/h3-16,24-29H,1-2,18-20H2,(H4,21,22,23). The number of ether oxygens (including phenoxy) is 4. The Bertz CT molecular complexity index is 680. The maximum atomic E-state index is 10.7. The van der Waals surface area contributed by atoms with Gasteiger partial charge in [0.1, 0.15) is 42.7 Å². The number of aliphatic hydroxyl groups is 6. The van der Waals surface area contributed by atoms with Crippen molar-refractivity contribution in [2.24, 2.45) is 22.9 Å². The Labute approximate surface area is 188 Å². The largest absolute Gasteiger partial charge is 0.389 e. The topological polar surface area (TPSA) is 298 Å². The van der Waals surface area contributed by atoms with Crippen molar-refractivity contribution in [1.82, 2.24) is 5.32 Å². The second-order valence-corrected chi connectivity index (χ2v) is 8.53. The molecule has 0 aromatic carbocycles. The molecule has 0 aromatic heterocycles. The van der Waals surface area contributed by atoms with Gasteiger partial charge < -0.3 is 77.8 Å². The molecule has 3 fully saturated rings. The van der Waals surface area contributed by atoms with Gasteiger partial charge in [-0.3, -0.25) is 5.41 Å². The molecule has 0 aromatic rings. The van der Waals surface area contributed by atoms with Crippen molar-refractivity contribution in [2.45, 2.75) is 92.2 Å². The number of aliphatic hydroxyl groups excluding tert-OH is 6. The lowest BCUT2D eigenvalue weighted by molar-refractivity contribution is -0.338. The molecule has 33 heavy (non-hydrogen) atoms. The third-order valence-electron chi connectivity index (χ3n) is 6.08. The highest BCUT2D eigenvalue weighted by molar-refractivity contribution is 5.74. The Balaban J connectivity index is 1.74. The van der Waals surface area contributed by atoms with Gasteiger partial charge in [-0.2, -0.15) is 0 Å². The van der Waals surface area contributed by atoms with Crippen LogP contribution in [0.15, 0.2) is 0 Å². The van der Waals surface area contributed by atoms with Gasteiger partial charge in [0.05, 0.1) is 12.1 Å². The van der Waals surface area contributed by atoms with E-state index < -0.39 is 85.8 Å². The Hall–Kier alpha value is -1.25. The van der Waals surface area contributed by atoms with Crippen molar-refractivity contribution in [3.8, 4) is 0 Å². The van der Waals surface area contributed by atoms with E-state index in [1.54, 1.807) is 0 Å². The van der Waals surface area contributed by atoms with E-state index >= 15 is 0 Å². The number of rotatable bonds is 6. The molecule has 16 heteroatoms. The summed E-state index contributed by atoms with van der Waals surface area (Å²) in [4.78, 5) is 0. The molecule has 3 rings (SSSR count). The second kappa shape index (κ2) is 10.6. The molecule has 1 saturated carbocycles. The maximum absolute atomic E-state index is 10.7. The zero-order valence-electron chi connectivity index (χ0n) is 17.6. The minimum atomic E-state index is -1.79. The molecule has 14 atom stereocenters. The van der Waals surface area contributed by atoms with Crippen LogP contribution in [-0.4, -0.2) is 129 Å². The predicted molar refractivity (Wildman–Crippen MR) is 108 cm³/mol. The van der Waals surface area contributed by atoms with Gasteiger partial charge in [0.25, 0.3) is 0 Å². The van der Waals surface area contributed by atoms with E-state index in [4.69, 9.17) is 47.3 Å². The summed E-state index contributed by atoms with van der Waals surface area (Å²) in [5.74, 6) is -0.365. The van der Waals surface area contributed by atoms with E-state index in [1.165, 1.54) is 0 Å². The normalized spacial score (nSPS) is 50.8. The first kappa shape index (κ1) is 26.4. The average molecular weight is 482 g/mol. The smallest absolute Gasteiger partial charge is 0.187 e. The molecular weight excluding hydrogens is 448 g/mol. The van der Waals surface area contributed by atoms with Gasteiger partial charge in [-0.05, 0) is 6.42 Å². The molecule has 0 bridgehead atoms. The monoisotopic (exact) mass is 482 g/mol. The van der Waals surface area contributed by atoms with Gasteiger partial charge in [-0.15, -0.1) is 0 Å². The van der Waals surface area contributed by atoms with E-state index in [-0.39, 0.29) is 18.9 Å². The molecule has 2 saturated heterocycles. The first-order chi connectivity index (χ1) is 15.4. The highest BCUT2D eigenvalue weighted by atomic mass is 16.8. The van der Waals surface area contributed by atoms with Gasteiger partial charge in [0.2, 0.25) is 0 Å². The van der Waals surface area contributed by atoms with Crippen molar-refractivity contribution < 1.29 is 49.6 Å². The fourth-order valence-electron chi connectivity index (χ4n) is 4.11. The summed E-state index contributed by atoms with van der Waals surface area (Å²) >= 11 is 0. The van der Waals surface area contributed by atoms with Crippen LogP contribution < -0.4 is 28.3 Å². The predicted octanol–water partition coefficient (Wildman–Crippen LogP) is -7.17. The minimum absolute atomic E-state index is 0.0948. The Morgan fingerprint density at radius 3 is 2.09 bits per heavy atom. The third-order valence-corrected chi connectivity index (χ3v) is 6.08. The van der Waals surface area contributed by atoms with Gasteiger partial charge in [-0.25, -0.2) is 0 Å². The average Bonchev–Trinajstić information content (AvgIpc) is 3.02. The summed E-state index contributed by atoms with van der Waals surface area (Å²) in [6.45, 7) is -0.0948. The molecule has 3 aliphatic rings. The molecule has 192 valence electrons. The highest BCUT2D eigenvalue weighted by Gasteiger charge is 2.52. The van der Waals surface area contributed by atoms with E-state index in [0.29, 0.717) is 0 Å². The Morgan fingerprint density at radius 1 is 0.818 bits per heavy atom. The van der Waals surface area contributed by atoms with E-state index in [1.807, 2.05) is 0 Å². The molecule has 0 radical (unpaired) electrons. The number of hydrogen-bond acceptors (Lipinski definition) is 14. The van der Waals surface area contributed by atoms with Crippen molar-refractivity contribution in [1.29, 1.82) is 5.41 Å². The summed E-state index contributed by atoms with van der Waals surface area (Å²) in [5, 5.41) is 70.4. The summed E-state index contributed by atoms with van der Waals surface area (Å²) in [6, 6.07) is -2.94. The fourth-order valence-corrected chi connectivity index (χ4v) is 4.11. The quantitative estimate of drug-likeness (QED) is 0.124. The summed E-state index contributed by atoms with van der Waals surface area (Å²) in [6.07, 6.45) is -15.5. The lowest BCUT2D eigenvalue weighted by atomic mass is 9.84. The second-order valence-electron chi connectivity index (χ2n) is 8.53. The molecule has 2 heterocycles. The van der Waals surface area contributed by atoms with Crippen LogP contribution in [-0.2, 0) is 18.9 Å². The van der Waals surface area contributed by atoms with Gasteiger partial charge >= 0.3 is 0 Å². The van der Waals surface area contributed by atoms with E-state index in [2.05, 4.69) is 5.32 Å². The molecular formula is C17H34N6O10. The summed E-state index contributed by atoms with van der Waals surface area (Å²) < 4.78 is 22.1. The third kappa shape index (κ3) is 5.54. The van der Waals surface area contributed by atoms with Crippen molar-refractivity contribution >= 4 is 5.96 Å². The van der Waals surface area contributed by atoms with Crippen molar-refractivity contribution in [2.75, 3.05) is 6.54 Å². The SMILES string of the molecule is N=C(N)NCC1OC(OC2C(O)C(N)CC(N)C2OC2OC(O)C(O)C(O)C2N)C(O)C1O. The molecule has 2 aliphatic heterocycles. The molecule has 1 aliphatic carbocycles. The first-order valence-electron chi connectivity index (χ1n) is 10.5. The summed E-state index contributed by atoms with van der Waals surface area (Å²) in [7, 11) is 0. The summed E-state index contributed by atoms with van der Waals surface area (Å²) in [5.41, 5.74) is 23.2. The first-order valence-corrected chi connectivity index (χ1v) is 10.5. The molecule has 14 unspecified atom stereocenters. The van der Waals surface area contributed by atoms with E-state index in [9.17, 15) is 30.6 Å². The van der Waals surface area contributed by atoms with Crippen LogP contribution in [0.4, 0.5) is 0 Å². The lowest BCUT2D eigenvalue weighted by Gasteiger charge is -2.46. The number of guanidine groups is 1. The lowest BCUT2D eigenvalue weighted by Crippen LogP contribution is -2.67. The van der Waals surface area contributed by atoms with Crippen molar-refractivity contribution in [3.05, 3.63) is 0 Å². The minimum Gasteiger partial charge on any atom is -0.389 e. The molecule has 16 N–H and O–H groups in total. The van der Waals surface area contributed by atoms with Gasteiger partial charge in [0.15, 0.2) is 24.8 Å². The van der Waals surface area contributed by atoms with Crippen molar-refractivity contribution in [3.63, 3.8) is 0 Å². The van der Waals surface area contributed by atoms with E-state index in [0.717, 1.165) is 0 Å². The van der Waals surface area contributed by atoms with Gasteiger partial charge in [0, 0.05) is 18.6 Å². The van der Waals surface area contributed by atoms with Crippen LogP contribution in [0.3, 0.4) is 0 Å². The zero-order valence-corrected chi connectivity index (χ0v) is 17.6. The van der Waals surface area contributed by atoms with Crippen LogP contribution in [0.5, 0.6) is 0 Å². The highest BCUT2D eigenvalue weighted by Crippen LogP contribution is 2.31. The maximum Gasteiger partial charge on any atom is 0.187 e. The number of nitrogens with one attached hydrogen (secondary N) is 2. The van der Waals surface area contributed by atoms with Gasteiger partial charge in [-0.1, -0.05) is 0 Å². The van der Waals surface area contributed by atoms with Crippen LogP contribution in [0.25, 0.3) is 0 Å². The van der Waals surface area contributed by atoms with Crippen LogP contribution in [0, 0.1) is 5.41 Å². The van der Waals surface area contributed by atoms with Crippen LogP contribution in [0.1, 0.15) is 6.42 Å². The molecule has 16 nitrogen and oxygen atoms in total.